The molecule has 2 atom stereocenters. The van der Waals surface area contributed by atoms with Crippen LogP contribution in [-0.2, 0) is 0 Å². The summed E-state index contributed by atoms with van der Waals surface area (Å²) in [6.07, 6.45) is 1.19. The van der Waals surface area contributed by atoms with E-state index in [0.29, 0.717) is 11.8 Å². The van der Waals surface area contributed by atoms with Crippen LogP contribution in [0, 0.1) is 0 Å². The molecule has 0 saturated heterocycles. The summed E-state index contributed by atoms with van der Waals surface area (Å²) in [5.74, 6) is 1.19. The molecular formula is C15H19Br. The standard InChI is InChI=1S/C15H19Br/c1-5-13-10(3)9(2)11(4)14-7-6-12(16)8-15(13)14/h6-8,11,13H,5H2,1-4H3. The Kier molecular flexibility index (Phi) is 3.25. The van der Waals surface area contributed by atoms with Gasteiger partial charge >= 0.3 is 0 Å². The summed E-state index contributed by atoms with van der Waals surface area (Å²) in [5, 5.41) is 0. The Bertz CT molecular complexity index is 443. The number of hydrogen-bond donors (Lipinski definition) is 0. The van der Waals surface area contributed by atoms with E-state index in [0.717, 1.165) is 0 Å². The first-order valence-electron chi connectivity index (χ1n) is 6.02. The molecule has 0 nitrogen and oxygen atoms in total. The third-order valence-corrected chi connectivity index (χ3v) is 4.59. The van der Waals surface area contributed by atoms with Crippen molar-refractivity contribution in [1.29, 1.82) is 0 Å². The highest BCUT2D eigenvalue weighted by Gasteiger charge is 2.26. The lowest BCUT2D eigenvalue weighted by Crippen LogP contribution is -2.15. The first-order valence-corrected chi connectivity index (χ1v) is 6.82. The highest BCUT2D eigenvalue weighted by atomic mass is 79.9. The zero-order valence-electron chi connectivity index (χ0n) is 10.5. The summed E-state index contributed by atoms with van der Waals surface area (Å²) in [6.45, 7) is 9.18. The lowest BCUT2D eigenvalue weighted by molar-refractivity contribution is 0.680. The molecule has 0 aromatic heterocycles. The minimum absolute atomic E-state index is 0.575. The molecule has 0 bridgehead atoms. The molecule has 2 unspecified atom stereocenters. The SMILES string of the molecule is CCC1C(C)=C(C)C(C)c2ccc(Br)cc21. The maximum absolute atomic E-state index is 3.59. The third kappa shape index (κ3) is 1.75. The third-order valence-electron chi connectivity index (χ3n) is 4.09. The van der Waals surface area contributed by atoms with Gasteiger partial charge in [-0.25, -0.2) is 0 Å². The van der Waals surface area contributed by atoms with Gasteiger partial charge in [-0.1, -0.05) is 47.0 Å². The van der Waals surface area contributed by atoms with E-state index < -0.39 is 0 Å². The number of rotatable bonds is 1. The largest absolute Gasteiger partial charge is 0.0666 e. The molecule has 86 valence electrons. The fraction of sp³-hybridized carbons (Fsp3) is 0.467. The summed E-state index contributed by atoms with van der Waals surface area (Å²) < 4.78 is 1.20. The van der Waals surface area contributed by atoms with Crippen molar-refractivity contribution in [2.45, 2.75) is 46.0 Å². The Labute approximate surface area is 107 Å². The zero-order chi connectivity index (χ0) is 11.9. The van der Waals surface area contributed by atoms with Gasteiger partial charge in [-0.3, -0.25) is 0 Å². The molecular weight excluding hydrogens is 260 g/mol. The van der Waals surface area contributed by atoms with Crippen LogP contribution in [0.4, 0.5) is 0 Å². The molecule has 1 aliphatic carbocycles. The molecule has 0 fully saturated rings. The predicted molar refractivity (Wildman–Crippen MR) is 74.0 cm³/mol. The monoisotopic (exact) mass is 278 g/mol. The summed E-state index contributed by atoms with van der Waals surface area (Å²) in [7, 11) is 0. The molecule has 1 aromatic carbocycles. The van der Waals surface area contributed by atoms with Crippen LogP contribution in [0.1, 0.15) is 57.1 Å². The van der Waals surface area contributed by atoms with E-state index in [-0.39, 0.29) is 0 Å². The molecule has 1 aliphatic rings. The maximum Gasteiger partial charge on any atom is 0.0178 e. The zero-order valence-corrected chi connectivity index (χ0v) is 12.1. The van der Waals surface area contributed by atoms with Crippen molar-refractivity contribution < 1.29 is 0 Å². The summed E-state index contributed by atoms with van der Waals surface area (Å²) in [4.78, 5) is 0. The molecule has 0 amide bonds. The van der Waals surface area contributed by atoms with Crippen LogP contribution in [0.3, 0.4) is 0 Å². The van der Waals surface area contributed by atoms with Crippen LogP contribution < -0.4 is 0 Å². The van der Waals surface area contributed by atoms with Gasteiger partial charge in [0.15, 0.2) is 0 Å². The molecule has 16 heavy (non-hydrogen) atoms. The van der Waals surface area contributed by atoms with Gasteiger partial charge in [-0.15, -0.1) is 0 Å². The predicted octanol–water partition coefficient (Wildman–Crippen LogP) is 5.40. The Morgan fingerprint density at radius 2 is 1.81 bits per heavy atom. The first-order chi connectivity index (χ1) is 7.56. The molecule has 0 heterocycles. The number of fused-ring (bicyclic) bond motifs is 1. The molecule has 1 aromatic rings. The quantitative estimate of drug-likeness (QED) is 0.604. The van der Waals surface area contributed by atoms with Crippen LogP contribution in [0.5, 0.6) is 0 Å². The van der Waals surface area contributed by atoms with E-state index in [4.69, 9.17) is 0 Å². The molecule has 0 spiro atoms. The number of hydrogen-bond acceptors (Lipinski definition) is 0. The van der Waals surface area contributed by atoms with Crippen LogP contribution in [0.15, 0.2) is 33.8 Å². The van der Waals surface area contributed by atoms with Crippen molar-refractivity contribution in [3.63, 3.8) is 0 Å². The lowest BCUT2D eigenvalue weighted by Gasteiger charge is -2.32. The van der Waals surface area contributed by atoms with Crippen molar-refractivity contribution in [2.75, 3.05) is 0 Å². The molecule has 0 N–H and O–H groups in total. The normalized spacial score (nSPS) is 24.6. The molecule has 2 rings (SSSR count). The van der Waals surface area contributed by atoms with Crippen molar-refractivity contribution >= 4 is 15.9 Å². The minimum atomic E-state index is 0.575. The van der Waals surface area contributed by atoms with Gasteiger partial charge in [-0.05, 0) is 43.5 Å². The fourth-order valence-electron chi connectivity index (χ4n) is 2.85. The van der Waals surface area contributed by atoms with Gasteiger partial charge in [0.05, 0.1) is 0 Å². The van der Waals surface area contributed by atoms with Crippen LogP contribution >= 0.6 is 15.9 Å². The van der Waals surface area contributed by atoms with Crippen molar-refractivity contribution in [1.82, 2.24) is 0 Å². The Hall–Kier alpha value is -0.560. The number of benzene rings is 1. The van der Waals surface area contributed by atoms with E-state index in [9.17, 15) is 0 Å². The van der Waals surface area contributed by atoms with Gasteiger partial charge in [0.1, 0.15) is 0 Å². The summed E-state index contributed by atoms with van der Waals surface area (Å²) in [5.41, 5.74) is 6.16. The van der Waals surface area contributed by atoms with Crippen LogP contribution in [0.25, 0.3) is 0 Å². The second-order valence-electron chi connectivity index (χ2n) is 4.82. The maximum atomic E-state index is 3.59. The lowest BCUT2D eigenvalue weighted by atomic mass is 9.73. The smallest absolute Gasteiger partial charge is 0.0178 e. The van der Waals surface area contributed by atoms with E-state index in [1.165, 1.54) is 22.0 Å². The average molecular weight is 279 g/mol. The Morgan fingerprint density at radius 1 is 1.12 bits per heavy atom. The molecule has 0 saturated carbocycles. The van der Waals surface area contributed by atoms with E-state index in [1.54, 1.807) is 11.1 Å². The first kappa shape index (κ1) is 11.9. The highest BCUT2D eigenvalue weighted by Crippen LogP contribution is 2.44. The Balaban J connectivity index is 2.62. The minimum Gasteiger partial charge on any atom is -0.0666 e. The summed E-state index contributed by atoms with van der Waals surface area (Å²) in [6, 6.07) is 6.74. The van der Waals surface area contributed by atoms with Crippen molar-refractivity contribution in [3.8, 4) is 0 Å². The van der Waals surface area contributed by atoms with E-state index >= 15 is 0 Å². The van der Waals surface area contributed by atoms with E-state index in [1.807, 2.05) is 0 Å². The van der Waals surface area contributed by atoms with Crippen molar-refractivity contribution in [2.24, 2.45) is 0 Å². The van der Waals surface area contributed by atoms with Crippen LogP contribution in [-0.4, -0.2) is 0 Å². The average Bonchev–Trinajstić information content (AvgIpc) is 2.27. The molecule has 0 aliphatic heterocycles. The Morgan fingerprint density at radius 3 is 2.44 bits per heavy atom. The number of allylic oxidation sites excluding steroid dienone is 2. The van der Waals surface area contributed by atoms with Gasteiger partial charge in [0.25, 0.3) is 0 Å². The second-order valence-corrected chi connectivity index (χ2v) is 5.74. The number of halogens is 1. The van der Waals surface area contributed by atoms with Gasteiger partial charge < -0.3 is 0 Å². The molecule has 1 heteroatoms. The topological polar surface area (TPSA) is 0 Å². The van der Waals surface area contributed by atoms with E-state index in [2.05, 4.69) is 61.8 Å². The fourth-order valence-corrected chi connectivity index (χ4v) is 3.23. The highest BCUT2D eigenvalue weighted by molar-refractivity contribution is 9.10. The van der Waals surface area contributed by atoms with Crippen molar-refractivity contribution in [3.05, 3.63) is 44.9 Å². The van der Waals surface area contributed by atoms with Gasteiger partial charge in [0.2, 0.25) is 0 Å². The van der Waals surface area contributed by atoms with Crippen LogP contribution in [0.2, 0.25) is 0 Å². The summed E-state index contributed by atoms with van der Waals surface area (Å²) >= 11 is 3.59. The van der Waals surface area contributed by atoms with Gasteiger partial charge in [-0.2, -0.15) is 0 Å². The second kappa shape index (κ2) is 4.37. The molecule has 0 radical (unpaired) electrons. The van der Waals surface area contributed by atoms with Gasteiger partial charge in [0, 0.05) is 16.3 Å².